The van der Waals surface area contributed by atoms with E-state index in [0.29, 0.717) is 10.9 Å². The second-order valence-corrected chi connectivity index (χ2v) is 3.93. The van der Waals surface area contributed by atoms with Crippen molar-refractivity contribution in [1.29, 1.82) is 0 Å². The summed E-state index contributed by atoms with van der Waals surface area (Å²) >= 11 is 0. The lowest BCUT2D eigenvalue weighted by molar-refractivity contribution is -0.384. The summed E-state index contributed by atoms with van der Waals surface area (Å²) in [5.41, 5.74) is 0.383. The molecule has 2 heterocycles. The Morgan fingerprint density at radius 3 is 2.89 bits per heavy atom. The first-order valence-corrected chi connectivity index (χ1v) is 5.46. The van der Waals surface area contributed by atoms with Gasteiger partial charge in [-0.15, -0.1) is 0 Å². The number of nitrogens with one attached hydrogen (secondary N) is 1. The Morgan fingerprint density at radius 2 is 2.16 bits per heavy atom. The highest BCUT2D eigenvalue weighted by Gasteiger charge is 2.11. The minimum absolute atomic E-state index is 0.0141. The Bertz CT molecular complexity index is 834. The van der Waals surface area contributed by atoms with Gasteiger partial charge in [0.25, 0.3) is 11.2 Å². The molecule has 2 aromatic heterocycles. The molecule has 0 aliphatic rings. The van der Waals surface area contributed by atoms with E-state index in [9.17, 15) is 14.9 Å². The largest absolute Gasteiger partial charge is 0.324 e. The number of nitrogens with zero attached hydrogens (tertiary/aromatic N) is 3. The highest BCUT2D eigenvalue weighted by atomic mass is 16.6. The Balaban J connectivity index is 2.25. The van der Waals surface area contributed by atoms with Crippen molar-refractivity contribution in [2.45, 2.75) is 0 Å². The van der Waals surface area contributed by atoms with E-state index < -0.39 is 4.92 Å². The lowest BCUT2D eigenvalue weighted by Gasteiger charge is -2.02. The molecule has 19 heavy (non-hydrogen) atoms. The SMILES string of the molecule is O=c1[nH]ccnc1-n1ccc2cc([N+](=O)[O-])ccc21. The van der Waals surface area contributed by atoms with Gasteiger partial charge in [-0.05, 0) is 12.1 Å². The van der Waals surface area contributed by atoms with Crippen LogP contribution in [-0.4, -0.2) is 19.5 Å². The third-order valence-corrected chi connectivity index (χ3v) is 2.80. The number of nitro benzene ring substituents is 1. The van der Waals surface area contributed by atoms with Crippen LogP contribution in [0.1, 0.15) is 0 Å². The number of fused-ring (bicyclic) bond motifs is 1. The minimum Gasteiger partial charge on any atom is -0.324 e. The fourth-order valence-corrected chi connectivity index (χ4v) is 1.94. The number of hydrogen-bond donors (Lipinski definition) is 1. The van der Waals surface area contributed by atoms with Gasteiger partial charge in [-0.1, -0.05) is 0 Å². The average molecular weight is 256 g/mol. The molecule has 7 heteroatoms. The van der Waals surface area contributed by atoms with Gasteiger partial charge in [-0.2, -0.15) is 0 Å². The molecule has 94 valence electrons. The molecule has 7 nitrogen and oxygen atoms in total. The lowest BCUT2D eigenvalue weighted by atomic mass is 10.2. The summed E-state index contributed by atoms with van der Waals surface area (Å²) in [4.78, 5) is 28.5. The summed E-state index contributed by atoms with van der Waals surface area (Å²) in [7, 11) is 0. The Morgan fingerprint density at radius 1 is 1.32 bits per heavy atom. The smallest absolute Gasteiger partial charge is 0.291 e. The number of H-pyrrole nitrogens is 1. The summed E-state index contributed by atoms with van der Waals surface area (Å²) in [6.07, 6.45) is 4.59. The number of rotatable bonds is 2. The predicted octanol–water partition coefficient (Wildman–Crippen LogP) is 1.62. The Labute approximate surface area is 106 Å². The molecule has 0 radical (unpaired) electrons. The molecule has 0 saturated heterocycles. The predicted molar refractivity (Wildman–Crippen MR) is 68.3 cm³/mol. The molecule has 0 aliphatic carbocycles. The summed E-state index contributed by atoms with van der Waals surface area (Å²) < 4.78 is 1.60. The molecule has 0 saturated carbocycles. The zero-order valence-electron chi connectivity index (χ0n) is 9.61. The van der Waals surface area contributed by atoms with E-state index in [1.54, 1.807) is 22.9 Å². The Kier molecular flexibility index (Phi) is 2.38. The van der Waals surface area contributed by atoms with Gasteiger partial charge in [0.15, 0.2) is 0 Å². The van der Waals surface area contributed by atoms with Crippen molar-refractivity contribution in [3.05, 3.63) is 63.3 Å². The topological polar surface area (TPSA) is 93.8 Å². The van der Waals surface area contributed by atoms with E-state index in [1.807, 2.05) is 0 Å². The molecule has 1 aromatic carbocycles. The van der Waals surface area contributed by atoms with E-state index in [4.69, 9.17) is 0 Å². The van der Waals surface area contributed by atoms with Gasteiger partial charge in [-0.3, -0.25) is 19.5 Å². The van der Waals surface area contributed by atoms with Crippen LogP contribution in [0.25, 0.3) is 16.7 Å². The van der Waals surface area contributed by atoms with Crippen molar-refractivity contribution in [3.8, 4) is 5.82 Å². The van der Waals surface area contributed by atoms with Crippen LogP contribution < -0.4 is 5.56 Å². The van der Waals surface area contributed by atoms with Crippen LogP contribution in [0.15, 0.2) is 47.7 Å². The van der Waals surface area contributed by atoms with E-state index in [2.05, 4.69) is 9.97 Å². The molecule has 3 rings (SSSR count). The number of benzene rings is 1. The first kappa shape index (κ1) is 11.1. The summed E-state index contributed by atoms with van der Waals surface area (Å²) in [6, 6.07) is 6.16. The molecule has 0 aliphatic heterocycles. The fourth-order valence-electron chi connectivity index (χ4n) is 1.94. The molecule has 0 spiro atoms. The van der Waals surface area contributed by atoms with Crippen molar-refractivity contribution in [1.82, 2.24) is 14.5 Å². The van der Waals surface area contributed by atoms with E-state index in [0.717, 1.165) is 0 Å². The van der Waals surface area contributed by atoms with E-state index >= 15 is 0 Å². The van der Waals surface area contributed by atoms with Crippen LogP contribution in [0.3, 0.4) is 0 Å². The highest BCUT2D eigenvalue weighted by Crippen LogP contribution is 2.22. The van der Waals surface area contributed by atoms with Gasteiger partial charge in [0.2, 0.25) is 5.82 Å². The molecule has 0 unspecified atom stereocenters. The molecule has 0 amide bonds. The zero-order chi connectivity index (χ0) is 13.4. The number of nitro groups is 1. The van der Waals surface area contributed by atoms with Crippen LogP contribution in [0.4, 0.5) is 5.69 Å². The van der Waals surface area contributed by atoms with Gasteiger partial charge >= 0.3 is 0 Å². The number of aromatic amines is 1. The lowest BCUT2D eigenvalue weighted by Crippen LogP contribution is -2.15. The summed E-state index contributed by atoms with van der Waals surface area (Å²) in [5.74, 6) is 0.228. The van der Waals surface area contributed by atoms with Gasteiger partial charge in [-0.25, -0.2) is 4.98 Å². The maximum atomic E-state index is 11.7. The van der Waals surface area contributed by atoms with Crippen molar-refractivity contribution in [2.75, 3.05) is 0 Å². The third-order valence-electron chi connectivity index (χ3n) is 2.80. The normalized spacial score (nSPS) is 10.7. The van der Waals surface area contributed by atoms with Crippen molar-refractivity contribution in [2.24, 2.45) is 0 Å². The molecular formula is C12H8N4O3. The first-order chi connectivity index (χ1) is 9.16. The third kappa shape index (κ3) is 1.77. The second kappa shape index (κ2) is 4.05. The van der Waals surface area contributed by atoms with Crippen molar-refractivity contribution >= 4 is 16.6 Å². The highest BCUT2D eigenvalue weighted by molar-refractivity contribution is 5.83. The number of aromatic nitrogens is 3. The zero-order valence-corrected chi connectivity index (χ0v) is 9.61. The second-order valence-electron chi connectivity index (χ2n) is 3.93. The number of hydrogen-bond acceptors (Lipinski definition) is 4. The van der Waals surface area contributed by atoms with Gasteiger partial charge < -0.3 is 4.98 Å². The van der Waals surface area contributed by atoms with Crippen LogP contribution in [0.5, 0.6) is 0 Å². The van der Waals surface area contributed by atoms with Gasteiger partial charge in [0.1, 0.15) is 0 Å². The van der Waals surface area contributed by atoms with Crippen molar-refractivity contribution in [3.63, 3.8) is 0 Å². The summed E-state index contributed by atoms with van der Waals surface area (Å²) in [5, 5.41) is 11.4. The van der Waals surface area contributed by atoms with Crippen LogP contribution in [0, 0.1) is 10.1 Å². The molecular weight excluding hydrogens is 248 g/mol. The van der Waals surface area contributed by atoms with Gasteiger partial charge in [0.05, 0.1) is 10.4 Å². The molecule has 1 N–H and O–H groups in total. The van der Waals surface area contributed by atoms with E-state index in [1.165, 1.54) is 24.5 Å². The van der Waals surface area contributed by atoms with Crippen LogP contribution >= 0.6 is 0 Å². The molecule has 0 atom stereocenters. The fraction of sp³-hybridized carbons (Fsp3) is 0. The molecule has 0 fully saturated rings. The van der Waals surface area contributed by atoms with Gasteiger partial charge in [0, 0.05) is 36.1 Å². The quantitative estimate of drug-likeness (QED) is 0.556. The van der Waals surface area contributed by atoms with Crippen LogP contribution in [0.2, 0.25) is 0 Å². The first-order valence-electron chi connectivity index (χ1n) is 5.46. The van der Waals surface area contributed by atoms with Crippen molar-refractivity contribution < 1.29 is 4.92 Å². The maximum absolute atomic E-state index is 11.7. The average Bonchev–Trinajstić information content (AvgIpc) is 2.82. The van der Waals surface area contributed by atoms with Crippen LogP contribution in [-0.2, 0) is 0 Å². The number of non-ortho nitro benzene ring substituents is 1. The molecule has 3 aromatic rings. The molecule has 0 bridgehead atoms. The standard InChI is InChI=1S/C12H8N4O3/c17-12-11(13-4-5-14-12)15-6-3-8-7-9(16(18)19)1-2-10(8)15/h1-7H,(H,14,17). The van der Waals surface area contributed by atoms with E-state index in [-0.39, 0.29) is 17.1 Å². The maximum Gasteiger partial charge on any atom is 0.291 e. The Hall–Kier alpha value is -2.96. The minimum atomic E-state index is -0.454. The monoisotopic (exact) mass is 256 g/mol. The summed E-state index contributed by atoms with van der Waals surface area (Å²) in [6.45, 7) is 0.